The average molecular weight is 843 g/mol. The number of carbonyl (C=O) groups is 10. The molecule has 322 valence electrons. The van der Waals surface area contributed by atoms with Crippen molar-refractivity contribution in [2.24, 2.45) is 11.3 Å². The average Bonchev–Trinajstić information content (AvgIpc) is 3.17. The van der Waals surface area contributed by atoms with E-state index in [-0.39, 0.29) is 16.7 Å². The molecule has 4 N–H and O–H groups in total. The fourth-order valence-electron chi connectivity index (χ4n) is 4.69. The lowest BCUT2D eigenvalue weighted by Gasteiger charge is -2.25. The minimum Gasteiger partial charge on any atom is -0.478 e. The molecule has 0 aliphatic heterocycles. The molecule has 0 fully saturated rings. The summed E-state index contributed by atoms with van der Waals surface area (Å²) in [4.78, 5) is 122. The maximum absolute atomic E-state index is 13.2. The van der Waals surface area contributed by atoms with Crippen LogP contribution >= 0.6 is 0 Å². The molecule has 0 aliphatic rings. The Kier molecular flexibility index (Phi) is 17.4. The van der Waals surface area contributed by atoms with Gasteiger partial charge in [-0.15, -0.1) is 0 Å². The van der Waals surface area contributed by atoms with E-state index in [1.165, 1.54) is 34.6 Å². The zero-order chi connectivity index (χ0) is 45.6. The van der Waals surface area contributed by atoms with E-state index in [9.17, 15) is 68.4 Å². The van der Waals surface area contributed by atoms with Gasteiger partial charge in [-0.3, -0.25) is 9.59 Å². The van der Waals surface area contributed by atoms with Crippen molar-refractivity contribution in [2.45, 2.75) is 53.2 Å². The molecule has 2 atom stereocenters. The molecule has 20 nitrogen and oxygen atoms in total. The molecule has 0 aromatic heterocycles. The van der Waals surface area contributed by atoms with Gasteiger partial charge in [0.25, 0.3) is 0 Å². The monoisotopic (exact) mass is 842 g/mol. The Labute approximate surface area is 341 Å². The summed E-state index contributed by atoms with van der Waals surface area (Å²) in [5.74, 6) is -13.1. The Hall–Kier alpha value is -7.38. The quantitative estimate of drug-likeness (QED) is 0.0747. The number of carboxylic acid groups (broad SMARTS) is 4. The Bertz CT molecular complexity index is 2090. The van der Waals surface area contributed by atoms with Crippen molar-refractivity contribution in [3.63, 3.8) is 0 Å². The zero-order valence-electron chi connectivity index (χ0n) is 33.0. The lowest BCUT2D eigenvalue weighted by molar-refractivity contribution is -0.159. The highest BCUT2D eigenvalue weighted by molar-refractivity contribution is 6.05. The molecule has 2 aromatic rings. The highest BCUT2D eigenvalue weighted by atomic mass is 16.6. The van der Waals surface area contributed by atoms with Crippen LogP contribution in [-0.2, 0) is 47.6 Å². The standard InChI is InChI=1S/C40H42O20/c1-19(2)34(49)55-15-24(59-37(52)22-8-10-26(30(41)42)28(12-22)32(45)46)17-57-36(51)21(5)14-40(6,7)39(54)58-18-25(16-56-35(50)20(3)4)60-38(53)23-9-11-27(31(43)44)29(13-23)33(47)48/h8-13,19,24-25H,3,5,14-18H2,1-2,4,6-7H3,(H,41,42)(H,43,44)(H,45,46)(H,47,48). The second-order valence-corrected chi connectivity index (χ2v) is 13.8. The van der Waals surface area contributed by atoms with E-state index < -0.39 is 144 Å². The van der Waals surface area contributed by atoms with E-state index in [1.54, 1.807) is 0 Å². The number of ether oxygens (including phenoxy) is 6. The Balaban J connectivity index is 2.17. The van der Waals surface area contributed by atoms with Gasteiger partial charge in [0.15, 0.2) is 12.2 Å². The zero-order valence-corrected chi connectivity index (χ0v) is 33.0. The van der Waals surface area contributed by atoms with Crippen LogP contribution in [0.25, 0.3) is 0 Å². The molecule has 0 saturated heterocycles. The van der Waals surface area contributed by atoms with Gasteiger partial charge in [-0.2, -0.15) is 0 Å². The fraction of sp³-hybridized carbons (Fsp3) is 0.350. The second kappa shape index (κ2) is 21.4. The van der Waals surface area contributed by atoms with Crippen LogP contribution in [0, 0.1) is 11.3 Å². The first kappa shape index (κ1) is 48.8. The van der Waals surface area contributed by atoms with Crippen molar-refractivity contribution >= 4 is 59.7 Å². The summed E-state index contributed by atoms with van der Waals surface area (Å²) in [5.41, 5.74) is -5.29. The lowest BCUT2D eigenvalue weighted by atomic mass is 9.86. The Morgan fingerprint density at radius 2 is 0.967 bits per heavy atom. The third-order valence-corrected chi connectivity index (χ3v) is 7.91. The van der Waals surface area contributed by atoms with E-state index in [0.717, 1.165) is 36.4 Å². The number of esters is 6. The van der Waals surface area contributed by atoms with Gasteiger partial charge in [-0.05, 0) is 63.6 Å². The molecule has 0 amide bonds. The van der Waals surface area contributed by atoms with Gasteiger partial charge in [-0.25, -0.2) is 38.4 Å². The van der Waals surface area contributed by atoms with Gasteiger partial charge in [0.1, 0.15) is 26.4 Å². The summed E-state index contributed by atoms with van der Waals surface area (Å²) in [6.45, 7) is 11.4. The summed E-state index contributed by atoms with van der Waals surface area (Å²) < 4.78 is 31.3. The van der Waals surface area contributed by atoms with E-state index in [2.05, 4.69) is 13.2 Å². The molecule has 20 heteroatoms. The van der Waals surface area contributed by atoms with Gasteiger partial charge in [-0.1, -0.05) is 27.0 Å². The smallest absolute Gasteiger partial charge is 0.338 e. The highest BCUT2D eigenvalue weighted by Gasteiger charge is 2.34. The molecule has 0 heterocycles. The molecular weight excluding hydrogens is 800 g/mol. The molecule has 0 aliphatic carbocycles. The third kappa shape index (κ3) is 14.2. The van der Waals surface area contributed by atoms with Crippen LogP contribution in [0.5, 0.6) is 0 Å². The van der Waals surface area contributed by atoms with Crippen molar-refractivity contribution in [1.82, 2.24) is 0 Å². The minimum absolute atomic E-state index is 0.0263. The largest absolute Gasteiger partial charge is 0.478 e. The molecular formula is C40H42O20. The third-order valence-electron chi connectivity index (χ3n) is 7.91. The van der Waals surface area contributed by atoms with Crippen molar-refractivity contribution in [3.8, 4) is 0 Å². The number of aromatic carboxylic acids is 4. The minimum atomic E-state index is -1.65. The predicted molar refractivity (Wildman–Crippen MR) is 200 cm³/mol. The Morgan fingerprint density at radius 3 is 1.35 bits per heavy atom. The number of hydrogen-bond acceptors (Lipinski definition) is 16. The number of carboxylic acids is 4. The molecule has 2 rings (SSSR count). The fourth-order valence-corrected chi connectivity index (χ4v) is 4.69. The first-order chi connectivity index (χ1) is 27.9. The van der Waals surface area contributed by atoms with Crippen LogP contribution in [0.1, 0.15) is 103 Å². The number of hydrogen-bond donors (Lipinski definition) is 4. The van der Waals surface area contributed by atoms with E-state index in [4.69, 9.17) is 28.4 Å². The number of benzene rings is 2. The summed E-state index contributed by atoms with van der Waals surface area (Å²) in [7, 11) is 0. The lowest BCUT2D eigenvalue weighted by Crippen LogP contribution is -2.35. The highest BCUT2D eigenvalue weighted by Crippen LogP contribution is 2.27. The maximum Gasteiger partial charge on any atom is 0.338 e. The van der Waals surface area contributed by atoms with E-state index >= 15 is 0 Å². The normalized spacial score (nSPS) is 11.8. The van der Waals surface area contributed by atoms with Crippen LogP contribution < -0.4 is 0 Å². The second-order valence-electron chi connectivity index (χ2n) is 13.8. The molecule has 2 aromatic carbocycles. The van der Waals surface area contributed by atoms with Crippen molar-refractivity contribution in [3.05, 3.63) is 94.1 Å². The van der Waals surface area contributed by atoms with Crippen LogP contribution in [0.2, 0.25) is 0 Å². The van der Waals surface area contributed by atoms with Gasteiger partial charge >= 0.3 is 59.7 Å². The topological polar surface area (TPSA) is 307 Å². The van der Waals surface area contributed by atoms with Gasteiger partial charge in [0.2, 0.25) is 0 Å². The van der Waals surface area contributed by atoms with Crippen LogP contribution in [0.15, 0.2) is 60.7 Å². The molecule has 0 radical (unpaired) electrons. The predicted octanol–water partition coefficient (Wildman–Crippen LogP) is 3.61. The van der Waals surface area contributed by atoms with E-state index in [0.29, 0.717) is 0 Å². The van der Waals surface area contributed by atoms with Crippen molar-refractivity contribution in [2.75, 3.05) is 26.4 Å². The Morgan fingerprint density at radius 1 is 0.583 bits per heavy atom. The molecule has 0 saturated carbocycles. The maximum atomic E-state index is 13.2. The van der Waals surface area contributed by atoms with Crippen molar-refractivity contribution < 1.29 is 96.8 Å². The summed E-state index contributed by atoms with van der Waals surface area (Å²) in [6.07, 6.45) is -3.36. The van der Waals surface area contributed by atoms with Gasteiger partial charge < -0.3 is 48.8 Å². The molecule has 0 spiro atoms. The molecule has 0 bridgehead atoms. The number of carbonyl (C=O) groups excluding carboxylic acids is 6. The molecule has 60 heavy (non-hydrogen) atoms. The van der Waals surface area contributed by atoms with Gasteiger partial charge in [0.05, 0.1) is 44.7 Å². The van der Waals surface area contributed by atoms with E-state index in [1.807, 2.05) is 0 Å². The summed E-state index contributed by atoms with van der Waals surface area (Å²) in [5, 5.41) is 37.3. The van der Waals surface area contributed by atoms with Crippen LogP contribution in [-0.4, -0.2) is 119 Å². The first-order valence-corrected chi connectivity index (χ1v) is 17.5. The number of rotatable bonds is 22. The van der Waals surface area contributed by atoms with Crippen LogP contribution in [0.4, 0.5) is 0 Å². The molecule has 2 unspecified atom stereocenters. The SMILES string of the molecule is C=C(C)C(=O)OCC(COC(=O)C(C)(C)CC(=C)C(=O)OCC(COC(=O)C(C)C)OC(=O)c1ccc(C(=O)O)c(C(=O)O)c1)OC(=O)c1ccc(C(=O)O)c(C(=O)O)c1. The van der Waals surface area contributed by atoms with Crippen LogP contribution in [0.3, 0.4) is 0 Å². The summed E-state index contributed by atoms with van der Waals surface area (Å²) >= 11 is 0. The van der Waals surface area contributed by atoms with Crippen molar-refractivity contribution in [1.29, 1.82) is 0 Å². The summed E-state index contributed by atoms with van der Waals surface area (Å²) in [6, 6.07) is 5.24. The first-order valence-electron chi connectivity index (χ1n) is 17.5. The van der Waals surface area contributed by atoms with Gasteiger partial charge in [0, 0.05) is 11.1 Å².